The fourth-order valence-corrected chi connectivity index (χ4v) is 4.28. The Morgan fingerprint density at radius 3 is 2.11 bits per heavy atom. The van der Waals surface area contributed by atoms with Gasteiger partial charge in [-0.2, -0.15) is 0 Å². The van der Waals surface area contributed by atoms with Crippen LogP contribution >= 0.6 is 0 Å². The van der Waals surface area contributed by atoms with Gasteiger partial charge in [0.25, 0.3) is 0 Å². The van der Waals surface area contributed by atoms with Gasteiger partial charge in [-0.25, -0.2) is 8.42 Å². The van der Waals surface area contributed by atoms with E-state index >= 15 is 0 Å². The molecule has 0 radical (unpaired) electrons. The highest BCUT2D eigenvalue weighted by Gasteiger charge is 2.33. The second kappa shape index (κ2) is 9.10. The molecule has 0 saturated carbocycles. The Morgan fingerprint density at radius 1 is 1.07 bits per heavy atom. The summed E-state index contributed by atoms with van der Waals surface area (Å²) in [7, 11) is -0.349. The first-order valence-electron chi connectivity index (χ1n) is 9.11. The van der Waals surface area contributed by atoms with Crippen LogP contribution < -0.4 is 9.04 Å². The molecule has 0 unspecified atom stereocenters. The highest BCUT2D eigenvalue weighted by atomic mass is 32.2. The van der Waals surface area contributed by atoms with E-state index < -0.39 is 16.1 Å². The first kappa shape index (κ1) is 21.8. The zero-order valence-corrected chi connectivity index (χ0v) is 17.9. The van der Waals surface area contributed by atoms with Crippen LogP contribution in [0.2, 0.25) is 0 Å². The van der Waals surface area contributed by atoms with E-state index in [9.17, 15) is 13.2 Å². The summed E-state index contributed by atoms with van der Waals surface area (Å²) in [6.07, 6.45) is 1.50. The second-order valence-corrected chi connectivity index (χ2v) is 8.72. The van der Waals surface area contributed by atoms with E-state index in [2.05, 4.69) is 0 Å². The van der Waals surface area contributed by atoms with Gasteiger partial charge in [-0.1, -0.05) is 36.8 Å². The van der Waals surface area contributed by atoms with Crippen molar-refractivity contribution >= 4 is 21.6 Å². The number of anilines is 1. The summed E-state index contributed by atoms with van der Waals surface area (Å²) in [6.45, 7) is 4.13. The molecule has 0 aliphatic carbocycles. The predicted octanol–water partition coefficient (Wildman–Crippen LogP) is 3.21. The maximum Gasteiger partial charge on any atom is 0.246 e. The molecule has 7 heteroatoms. The number of nitrogens with zero attached hydrogens (tertiary/aromatic N) is 2. The van der Waals surface area contributed by atoms with Crippen LogP contribution in [0.1, 0.15) is 24.5 Å². The van der Waals surface area contributed by atoms with E-state index in [0.717, 1.165) is 23.1 Å². The van der Waals surface area contributed by atoms with Crippen LogP contribution in [-0.4, -0.2) is 45.7 Å². The fourth-order valence-electron chi connectivity index (χ4n) is 3.07. The predicted molar refractivity (Wildman–Crippen MR) is 112 cm³/mol. The number of methoxy groups -OCH3 is 1. The molecule has 0 heterocycles. The van der Waals surface area contributed by atoms with Gasteiger partial charge in [0.05, 0.1) is 19.1 Å². The minimum atomic E-state index is -3.63. The SMILES string of the molecule is CC[C@H](C(=O)N(C)Cc1ccc(OC)cc1)N(c1ccc(C)cc1)S(C)(=O)=O. The van der Waals surface area contributed by atoms with Crippen LogP contribution in [-0.2, 0) is 21.4 Å². The molecule has 0 aromatic heterocycles. The topological polar surface area (TPSA) is 66.9 Å². The molecule has 152 valence electrons. The van der Waals surface area contributed by atoms with Crippen molar-refractivity contribution < 1.29 is 17.9 Å². The number of carbonyl (C=O) groups excluding carboxylic acids is 1. The maximum absolute atomic E-state index is 13.1. The quantitative estimate of drug-likeness (QED) is 0.678. The third kappa shape index (κ3) is 5.25. The van der Waals surface area contributed by atoms with Crippen LogP contribution in [0.15, 0.2) is 48.5 Å². The first-order valence-corrected chi connectivity index (χ1v) is 11.0. The van der Waals surface area contributed by atoms with E-state index in [0.29, 0.717) is 18.7 Å². The Bertz CT molecular complexity index is 893. The van der Waals surface area contributed by atoms with E-state index in [-0.39, 0.29) is 5.91 Å². The highest BCUT2D eigenvalue weighted by molar-refractivity contribution is 7.92. The van der Waals surface area contributed by atoms with E-state index in [1.54, 1.807) is 31.2 Å². The monoisotopic (exact) mass is 404 g/mol. The lowest BCUT2D eigenvalue weighted by Crippen LogP contribution is -2.49. The largest absolute Gasteiger partial charge is 0.497 e. The minimum Gasteiger partial charge on any atom is -0.497 e. The van der Waals surface area contributed by atoms with Gasteiger partial charge in [-0.05, 0) is 43.2 Å². The molecular formula is C21H28N2O4S. The highest BCUT2D eigenvalue weighted by Crippen LogP contribution is 2.24. The molecule has 0 N–H and O–H groups in total. The van der Waals surface area contributed by atoms with E-state index in [1.165, 1.54) is 4.31 Å². The lowest BCUT2D eigenvalue weighted by atomic mass is 10.1. The molecule has 1 amide bonds. The van der Waals surface area contributed by atoms with Crippen molar-refractivity contribution in [2.45, 2.75) is 32.9 Å². The number of ether oxygens (including phenoxy) is 1. The summed E-state index contributed by atoms with van der Waals surface area (Å²) in [5.41, 5.74) is 2.45. The van der Waals surface area contributed by atoms with Crippen LogP contribution in [0.4, 0.5) is 5.69 Å². The third-order valence-corrected chi connectivity index (χ3v) is 5.74. The molecule has 0 bridgehead atoms. The number of hydrogen-bond acceptors (Lipinski definition) is 4. The molecule has 2 aromatic carbocycles. The molecule has 0 spiro atoms. The van der Waals surface area contributed by atoms with Crippen molar-refractivity contribution in [3.05, 3.63) is 59.7 Å². The molecule has 0 aliphatic heterocycles. The number of likely N-dealkylation sites (N-methyl/N-ethyl adjacent to an activating group) is 1. The number of rotatable bonds is 8. The summed E-state index contributed by atoms with van der Waals surface area (Å²) in [4.78, 5) is 14.7. The Morgan fingerprint density at radius 2 is 1.64 bits per heavy atom. The van der Waals surface area contributed by atoms with Gasteiger partial charge < -0.3 is 9.64 Å². The molecule has 0 aliphatic rings. The fraction of sp³-hybridized carbons (Fsp3) is 0.381. The van der Waals surface area contributed by atoms with Gasteiger partial charge in [0, 0.05) is 13.6 Å². The van der Waals surface area contributed by atoms with Gasteiger partial charge in [0.15, 0.2) is 0 Å². The molecular weight excluding hydrogens is 376 g/mol. The average Bonchev–Trinajstić information content (AvgIpc) is 2.66. The maximum atomic E-state index is 13.1. The van der Waals surface area contributed by atoms with Gasteiger partial charge in [-0.3, -0.25) is 9.10 Å². The summed E-state index contributed by atoms with van der Waals surface area (Å²) in [5.74, 6) is 0.496. The minimum absolute atomic E-state index is 0.246. The summed E-state index contributed by atoms with van der Waals surface area (Å²) < 4.78 is 31.4. The zero-order valence-electron chi connectivity index (χ0n) is 17.0. The van der Waals surface area contributed by atoms with Crippen molar-refractivity contribution in [1.82, 2.24) is 4.90 Å². The smallest absolute Gasteiger partial charge is 0.246 e. The number of carbonyl (C=O) groups is 1. The molecule has 1 atom stereocenters. The van der Waals surface area contributed by atoms with Gasteiger partial charge in [0.1, 0.15) is 11.8 Å². The molecule has 2 aromatic rings. The molecule has 2 rings (SSSR count). The third-order valence-electron chi connectivity index (χ3n) is 4.56. The van der Waals surface area contributed by atoms with Gasteiger partial charge >= 0.3 is 0 Å². The second-order valence-electron chi connectivity index (χ2n) is 6.86. The molecule has 28 heavy (non-hydrogen) atoms. The number of sulfonamides is 1. The van der Waals surface area contributed by atoms with Crippen LogP contribution in [0.25, 0.3) is 0 Å². The van der Waals surface area contributed by atoms with Crippen LogP contribution in [0, 0.1) is 6.92 Å². The number of aryl methyl sites for hydroxylation is 1. The Hall–Kier alpha value is -2.54. The standard InChI is InChI=1S/C21H28N2O4S/c1-6-20(23(28(5,25)26)18-11-7-16(2)8-12-18)21(24)22(3)15-17-9-13-19(27-4)14-10-17/h7-14,20H,6,15H2,1-5H3/t20-/m1/s1. The number of amides is 1. The van der Waals surface area contributed by atoms with E-state index in [4.69, 9.17) is 4.74 Å². The lowest BCUT2D eigenvalue weighted by molar-refractivity contribution is -0.131. The van der Waals surface area contributed by atoms with Gasteiger partial charge in [0.2, 0.25) is 15.9 Å². The van der Waals surface area contributed by atoms with Crippen LogP contribution in [0.3, 0.4) is 0 Å². The van der Waals surface area contributed by atoms with Crippen molar-refractivity contribution in [3.8, 4) is 5.75 Å². The molecule has 6 nitrogen and oxygen atoms in total. The zero-order chi connectivity index (χ0) is 20.9. The van der Waals surface area contributed by atoms with Crippen LogP contribution in [0.5, 0.6) is 5.75 Å². The summed E-state index contributed by atoms with van der Waals surface area (Å²) in [5, 5.41) is 0. The first-order chi connectivity index (χ1) is 13.2. The summed E-state index contributed by atoms with van der Waals surface area (Å²) >= 11 is 0. The molecule has 0 saturated heterocycles. The Balaban J connectivity index is 2.28. The summed E-state index contributed by atoms with van der Waals surface area (Å²) in [6, 6.07) is 13.8. The van der Waals surface area contributed by atoms with Crippen molar-refractivity contribution in [1.29, 1.82) is 0 Å². The van der Waals surface area contributed by atoms with Crippen molar-refractivity contribution in [2.24, 2.45) is 0 Å². The lowest BCUT2D eigenvalue weighted by Gasteiger charge is -2.33. The average molecular weight is 405 g/mol. The Labute approximate surface area is 167 Å². The molecule has 0 fully saturated rings. The van der Waals surface area contributed by atoms with Gasteiger partial charge in [-0.15, -0.1) is 0 Å². The normalized spacial score (nSPS) is 12.3. The van der Waals surface area contributed by atoms with E-state index in [1.807, 2.05) is 50.2 Å². The Kier molecular flexibility index (Phi) is 7.07. The van der Waals surface area contributed by atoms with Crippen molar-refractivity contribution in [2.75, 3.05) is 24.7 Å². The number of benzene rings is 2. The number of hydrogen-bond donors (Lipinski definition) is 0. The van der Waals surface area contributed by atoms with Crippen molar-refractivity contribution in [3.63, 3.8) is 0 Å².